The lowest BCUT2D eigenvalue weighted by Gasteiger charge is -1.96. The van der Waals surface area contributed by atoms with Gasteiger partial charge in [-0.15, -0.1) is 22.7 Å². The van der Waals surface area contributed by atoms with E-state index in [0.717, 1.165) is 18.7 Å². The normalized spacial score (nSPS) is 11.3. The fraction of sp³-hybridized carbons (Fsp3) is 0. The highest BCUT2D eigenvalue weighted by molar-refractivity contribution is 9.11. The van der Waals surface area contributed by atoms with Crippen molar-refractivity contribution in [1.82, 2.24) is 5.43 Å². The fourth-order valence-electron chi connectivity index (χ4n) is 1.76. The molecule has 0 saturated heterocycles. The molecule has 3 nitrogen and oxygen atoms in total. The molecular formula is C14H8BrClN2OS2. The van der Waals surface area contributed by atoms with Crippen LogP contribution in [0, 0.1) is 0 Å². The van der Waals surface area contributed by atoms with Gasteiger partial charge in [0, 0.05) is 15.0 Å². The molecule has 3 rings (SSSR count). The van der Waals surface area contributed by atoms with Crippen LogP contribution >= 0.6 is 50.2 Å². The Morgan fingerprint density at radius 2 is 2.05 bits per heavy atom. The SMILES string of the molecule is O=C(N/N=C/c1ccc(Br)s1)c1sc2ccccc2c1Cl. The number of nitrogens with zero attached hydrogens (tertiary/aromatic N) is 1. The maximum absolute atomic E-state index is 12.1. The summed E-state index contributed by atoms with van der Waals surface area (Å²) in [5.41, 5.74) is 2.51. The van der Waals surface area contributed by atoms with Crippen molar-refractivity contribution in [2.24, 2.45) is 5.10 Å². The van der Waals surface area contributed by atoms with Crippen molar-refractivity contribution in [2.45, 2.75) is 0 Å². The van der Waals surface area contributed by atoms with Gasteiger partial charge in [0.05, 0.1) is 15.0 Å². The summed E-state index contributed by atoms with van der Waals surface area (Å²) in [5.74, 6) is -0.298. The largest absolute Gasteiger partial charge is 0.283 e. The number of carbonyl (C=O) groups excluding carboxylic acids is 1. The lowest BCUT2D eigenvalue weighted by Crippen LogP contribution is -2.16. The van der Waals surface area contributed by atoms with Gasteiger partial charge in [-0.2, -0.15) is 5.10 Å². The molecule has 0 aliphatic rings. The van der Waals surface area contributed by atoms with Gasteiger partial charge in [-0.25, -0.2) is 5.43 Å². The molecule has 0 bridgehead atoms. The lowest BCUT2D eigenvalue weighted by molar-refractivity contribution is 0.0959. The van der Waals surface area contributed by atoms with Crippen molar-refractivity contribution in [3.8, 4) is 0 Å². The summed E-state index contributed by atoms with van der Waals surface area (Å²) in [7, 11) is 0. The Kier molecular flexibility index (Phi) is 4.40. The van der Waals surface area contributed by atoms with Crippen LogP contribution in [0.15, 0.2) is 45.3 Å². The van der Waals surface area contributed by atoms with Crippen molar-refractivity contribution in [3.05, 3.63) is 55.0 Å². The molecule has 1 aromatic carbocycles. The molecule has 3 aromatic rings. The average Bonchev–Trinajstić information content (AvgIpc) is 3.03. The second-order valence-electron chi connectivity index (χ2n) is 4.08. The maximum atomic E-state index is 12.1. The number of rotatable bonds is 3. The second-order valence-corrected chi connectivity index (χ2v) is 8.01. The van der Waals surface area contributed by atoms with Gasteiger partial charge in [0.2, 0.25) is 0 Å². The van der Waals surface area contributed by atoms with Crippen LogP contribution in [0.5, 0.6) is 0 Å². The minimum Gasteiger partial charge on any atom is -0.266 e. The summed E-state index contributed by atoms with van der Waals surface area (Å²) in [6, 6.07) is 11.5. The molecule has 0 aliphatic carbocycles. The summed E-state index contributed by atoms with van der Waals surface area (Å²) in [4.78, 5) is 13.5. The number of fused-ring (bicyclic) bond motifs is 1. The molecule has 2 heterocycles. The highest BCUT2D eigenvalue weighted by Crippen LogP contribution is 2.34. The second kappa shape index (κ2) is 6.27. The van der Waals surface area contributed by atoms with Crippen molar-refractivity contribution >= 4 is 72.4 Å². The molecule has 0 aliphatic heterocycles. The van der Waals surface area contributed by atoms with Crippen molar-refractivity contribution in [3.63, 3.8) is 0 Å². The summed E-state index contributed by atoms with van der Waals surface area (Å²) in [6.45, 7) is 0. The third-order valence-corrected chi connectivity index (χ3v) is 5.93. The number of hydrazone groups is 1. The average molecular weight is 400 g/mol. The van der Waals surface area contributed by atoms with E-state index in [1.165, 1.54) is 22.7 Å². The quantitative estimate of drug-likeness (QED) is 0.480. The molecule has 1 amide bonds. The maximum Gasteiger partial charge on any atom is 0.283 e. The van der Waals surface area contributed by atoms with Crippen molar-refractivity contribution < 1.29 is 4.79 Å². The molecule has 0 spiro atoms. The summed E-state index contributed by atoms with van der Waals surface area (Å²) in [5, 5.41) is 5.32. The predicted molar refractivity (Wildman–Crippen MR) is 93.9 cm³/mol. The van der Waals surface area contributed by atoms with E-state index in [2.05, 4.69) is 26.5 Å². The molecule has 21 heavy (non-hydrogen) atoms. The van der Waals surface area contributed by atoms with Gasteiger partial charge >= 0.3 is 0 Å². The van der Waals surface area contributed by atoms with Crippen molar-refractivity contribution in [2.75, 3.05) is 0 Å². The molecule has 0 unspecified atom stereocenters. The van der Waals surface area contributed by atoms with Gasteiger partial charge in [-0.3, -0.25) is 4.79 Å². The number of thiophene rings is 2. The molecule has 0 saturated carbocycles. The Morgan fingerprint density at radius 3 is 2.76 bits per heavy atom. The zero-order valence-electron chi connectivity index (χ0n) is 10.5. The Labute approximate surface area is 142 Å². The van der Waals surface area contributed by atoms with Crippen LogP contribution in [-0.2, 0) is 0 Å². The predicted octanol–water partition coefficient (Wildman–Crippen LogP) is 5.14. The van der Waals surface area contributed by atoms with E-state index in [1.54, 1.807) is 6.21 Å². The molecule has 106 valence electrons. The zero-order chi connectivity index (χ0) is 14.8. The van der Waals surface area contributed by atoms with Crippen LogP contribution in [0.3, 0.4) is 0 Å². The summed E-state index contributed by atoms with van der Waals surface area (Å²) in [6.07, 6.45) is 1.61. The van der Waals surface area contributed by atoms with Gasteiger partial charge < -0.3 is 0 Å². The Bertz CT molecular complexity index is 840. The number of hydrogen-bond acceptors (Lipinski definition) is 4. The molecule has 7 heteroatoms. The molecule has 0 fully saturated rings. The van der Waals surface area contributed by atoms with Crippen molar-refractivity contribution in [1.29, 1.82) is 0 Å². The smallest absolute Gasteiger partial charge is 0.266 e. The van der Waals surface area contributed by atoms with E-state index in [0.29, 0.717) is 9.90 Å². The van der Waals surface area contributed by atoms with E-state index < -0.39 is 0 Å². The van der Waals surface area contributed by atoms with Gasteiger partial charge in [0.25, 0.3) is 5.91 Å². The number of nitrogens with one attached hydrogen (secondary N) is 1. The monoisotopic (exact) mass is 398 g/mol. The van der Waals surface area contributed by atoms with Crippen LogP contribution in [-0.4, -0.2) is 12.1 Å². The van der Waals surface area contributed by atoms with Crippen LogP contribution in [0.25, 0.3) is 10.1 Å². The van der Waals surface area contributed by atoms with Crippen LogP contribution in [0.4, 0.5) is 0 Å². The van der Waals surface area contributed by atoms with E-state index >= 15 is 0 Å². The van der Waals surface area contributed by atoms with Gasteiger partial charge in [0.15, 0.2) is 0 Å². The molecule has 0 atom stereocenters. The molecule has 0 radical (unpaired) electrons. The first-order valence-electron chi connectivity index (χ1n) is 5.91. The van der Waals surface area contributed by atoms with Crippen LogP contribution in [0.1, 0.15) is 14.5 Å². The van der Waals surface area contributed by atoms with Gasteiger partial charge in [-0.1, -0.05) is 29.8 Å². The first-order chi connectivity index (χ1) is 10.1. The Balaban J connectivity index is 1.78. The molecule has 1 N–H and O–H groups in total. The number of carbonyl (C=O) groups is 1. The summed E-state index contributed by atoms with van der Waals surface area (Å²) >= 11 is 12.5. The van der Waals surface area contributed by atoms with Gasteiger partial charge in [-0.05, 0) is 34.1 Å². The first kappa shape index (κ1) is 14.7. The highest BCUT2D eigenvalue weighted by atomic mass is 79.9. The van der Waals surface area contributed by atoms with Gasteiger partial charge in [0.1, 0.15) is 4.88 Å². The minimum absolute atomic E-state index is 0.298. The van der Waals surface area contributed by atoms with E-state index in [4.69, 9.17) is 11.6 Å². The Morgan fingerprint density at radius 1 is 1.24 bits per heavy atom. The number of amides is 1. The Hall–Kier alpha value is -1.21. The third kappa shape index (κ3) is 3.18. The summed E-state index contributed by atoms with van der Waals surface area (Å²) < 4.78 is 2.00. The van der Waals surface area contributed by atoms with E-state index in [1.807, 2.05) is 36.4 Å². The number of hydrogen-bond donors (Lipinski definition) is 1. The van der Waals surface area contributed by atoms with Crippen LogP contribution < -0.4 is 5.43 Å². The number of benzene rings is 1. The standard InChI is InChI=1S/C14H8BrClN2OS2/c15-11-6-5-8(20-11)7-17-18-14(19)13-12(16)9-3-1-2-4-10(9)21-13/h1-7H,(H,18,19)/b17-7+. The van der Waals surface area contributed by atoms with E-state index in [9.17, 15) is 4.79 Å². The lowest BCUT2D eigenvalue weighted by atomic mass is 10.2. The zero-order valence-corrected chi connectivity index (χ0v) is 14.4. The molecule has 2 aromatic heterocycles. The minimum atomic E-state index is -0.298. The number of halogens is 2. The fourth-order valence-corrected chi connectivity index (χ4v) is 4.47. The third-order valence-electron chi connectivity index (χ3n) is 2.69. The highest BCUT2D eigenvalue weighted by Gasteiger charge is 2.16. The van der Waals surface area contributed by atoms with Crippen LogP contribution in [0.2, 0.25) is 5.02 Å². The topological polar surface area (TPSA) is 41.5 Å². The van der Waals surface area contributed by atoms with E-state index in [-0.39, 0.29) is 5.91 Å². The first-order valence-corrected chi connectivity index (χ1v) is 8.71. The molecular weight excluding hydrogens is 392 g/mol.